The highest BCUT2D eigenvalue weighted by Crippen LogP contribution is 2.38. The Balaban J connectivity index is 1.39. The first-order valence-electron chi connectivity index (χ1n) is 12.0. The maximum Gasteiger partial charge on any atom is 0.432 e. The minimum Gasteiger partial charge on any atom is -0.429 e. The van der Waals surface area contributed by atoms with Gasteiger partial charge < -0.3 is 4.74 Å². The van der Waals surface area contributed by atoms with Crippen molar-refractivity contribution in [1.82, 2.24) is 0 Å². The summed E-state index contributed by atoms with van der Waals surface area (Å²) in [6.45, 7) is 2.18. The standard InChI is InChI=1S/C30H21F7O/c1-2-16-9-19-7-8-20(11-21(19)10-16)17-3-5-18(6-4-17)22-12-24(31)28(25(32)13-22)30(36,37)38-23-14-26(33)29(35)27(34)15-23/h3-8,11-16H,2,9-10H2,1H3. The molecule has 0 N–H and O–H groups in total. The van der Waals surface area contributed by atoms with Crippen molar-refractivity contribution in [2.45, 2.75) is 32.3 Å². The van der Waals surface area contributed by atoms with Crippen molar-refractivity contribution in [1.29, 1.82) is 0 Å². The Morgan fingerprint density at radius 3 is 1.76 bits per heavy atom. The van der Waals surface area contributed by atoms with E-state index in [1.54, 1.807) is 24.3 Å². The molecule has 0 radical (unpaired) electrons. The number of hydrogen-bond donors (Lipinski definition) is 0. The highest BCUT2D eigenvalue weighted by atomic mass is 19.3. The lowest BCUT2D eigenvalue weighted by Gasteiger charge is -2.20. The van der Waals surface area contributed by atoms with E-state index in [0.29, 0.717) is 11.5 Å². The van der Waals surface area contributed by atoms with Crippen LogP contribution in [0.15, 0.2) is 66.7 Å². The van der Waals surface area contributed by atoms with Crippen molar-refractivity contribution in [2.75, 3.05) is 0 Å². The number of alkyl halides is 2. The van der Waals surface area contributed by atoms with Crippen LogP contribution in [0.4, 0.5) is 30.7 Å². The zero-order valence-electron chi connectivity index (χ0n) is 20.1. The molecule has 4 aromatic rings. The smallest absolute Gasteiger partial charge is 0.429 e. The fourth-order valence-electron chi connectivity index (χ4n) is 4.84. The lowest BCUT2D eigenvalue weighted by molar-refractivity contribution is -0.189. The largest absolute Gasteiger partial charge is 0.432 e. The minimum atomic E-state index is -4.64. The summed E-state index contributed by atoms with van der Waals surface area (Å²) in [4.78, 5) is 0. The third-order valence-electron chi connectivity index (χ3n) is 6.89. The Labute approximate surface area is 214 Å². The molecule has 0 amide bonds. The average Bonchev–Trinajstić information content (AvgIpc) is 3.29. The topological polar surface area (TPSA) is 9.23 Å². The summed E-state index contributed by atoms with van der Waals surface area (Å²) in [5, 5.41) is 0. The summed E-state index contributed by atoms with van der Waals surface area (Å²) < 4.78 is 103. The van der Waals surface area contributed by atoms with Crippen LogP contribution in [0.2, 0.25) is 0 Å². The van der Waals surface area contributed by atoms with Gasteiger partial charge in [0.2, 0.25) is 0 Å². The zero-order chi connectivity index (χ0) is 27.2. The molecule has 0 aromatic heterocycles. The van der Waals surface area contributed by atoms with Crippen LogP contribution in [-0.4, -0.2) is 0 Å². The predicted molar refractivity (Wildman–Crippen MR) is 129 cm³/mol. The van der Waals surface area contributed by atoms with Gasteiger partial charge in [0.25, 0.3) is 0 Å². The normalized spacial score (nSPS) is 15.0. The first-order chi connectivity index (χ1) is 18.1. The summed E-state index contributed by atoms with van der Waals surface area (Å²) >= 11 is 0. The lowest BCUT2D eigenvalue weighted by Crippen LogP contribution is -2.25. The summed E-state index contributed by atoms with van der Waals surface area (Å²) in [6.07, 6.45) is -1.42. The number of rotatable bonds is 6. The third-order valence-corrected chi connectivity index (χ3v) is 6.89. The molecule has 8 heteroatoms. The zero-order valence-corrected chi connectivity index (χ0v) is 20.1. The fraction of sp³-hybridized carbons (Fsp3) is 0.200. The van der Waals surface area contributed by atoms with Crippen molar-refractivity contribution in [2.24, 2.45) is 5.92 Å². The van der Waals surface area contributed by atoms with Crippen LogP contribution in [0, 0.1) is 35.0 Å². The van der Waals surface area contributed by atoms with Gasteiger partial charge in [0.1, 0.15) is 22.9 Å². The first-order valence-corrected chi connectivity index (χ1v) is 12.0. The molecule has 4 aromatic carbocycles. The molecule has 38 heavy (non-hydrogen) atoms. The lowest BCUT2D eigenvalue weighted by atomic mass is 9.97. The molecule has 1 atom stereocenters. The van der Waals surface area contributed by atoms with E-state index >= 15 is 0 Å². The molecule has 0 aliphatic heterocycles. The van der Waals surface area contributed by atoms with Crippen molar-refractivity contribution in [3.8, 4) is 28.0 Å². The minimum absolute atomic E-state index is 0.00436. The number of ether oxygens (including phenoxy) is 1. The van der Waals surface area contributed by atoms with Gasteiger partial charge >= 0.3 is 6.11 Å². The van der Waals surface area contributed by atoms with Crippen molar-refractivity contribution < 1.29 is 35.5 Å². The molecule has 1 unspecified atom stereocenters. The van der Waals surface area contributed by atoms with Gasteiger partial charge in [0.15, 0.2) is 17.5 Å². The van der Waals surface area contributed by atoms with E-state index in [1.165, 1.54) is 11.1 Å². The molecule has 0 spiro atoms. The molecular formula is C30H21F7O. The van der Waals surface area contributed by atoms with Crippen LogP contribution in [0.25, 0.3) is 22.3 Å². The Bertz CT molecular complexity index is 1470. The molecule has 0 heterocycles. The molecule has 0 saturated carbocycles. The molecule has 1 aliphatic rings. The van der Waals surface area contributed by atoms with Gasteiger partial charge in [-0.1, -0.05) is 55.8 Å². The summed E-state index contributed by atoms with van der Waals surface area (Å²) in [7, 11) is 0. The molecule has 5 rings (SSSR count). The quantitative estimate of drug-likeness (QED) is 0.179. The molecule has 0 bridgehead atoms. The second kappa shape index (κ2) is 9.82. The van der Waals surface area contributed by atoms with E-state index in [-0.39, 0.29) is 17.7 Å². The van der Waals surface area contributed by atoms with Gasteiger partial charge in [-0.3, -0.25) is 0 Å². The predicted octanol–water partition coefficient (Wildman–Crippen LogP) is 8.97. The Kier molecular flexibility index (Phi) is 6.67. The van der Waals surface area contributed by atoms with E-state index in [9.17, 15) is 30.7 Å². The van der Waals surface area contributed by atoms with E-state index in [2.05, 4.69) is 23.8 Å². The van der Waals surface area contributed by atoms with Crippen LogP contribution >= 0.6 is 0 Å². The molecule has 0 fully saturated rings. The molecule has 196 valence electrons. The highest BCUT2D eigenvalue weighted by Gasteiger charge is 2.41. The molecule has 1 nitrogen and oxygen atoms in total. The van der Waals surface area contributed by atoms with Gasteiger partial charge in [-0.15, -0.1) is 0 Å². The van der Waals surface area contributed by atoms with Gasteiger partial charge in [-0.25, -0.2) is 22.0 Å². The number of halogens is 7. The Hall–Kier alpha value is -3.81. The monoisotopic (exact) mass is 530 g/mol. The molecule has 1 aliphatic carbocycles. The second-order valence-electron chi connectivity index (χ2n) is 9.38. The van der Waals surface area contributed by atoms with Gasteiger partial charge in [-0.05, 0) is 64.3 Å². The van der Waals surface area contributed by atoms with Crippen LogP contribution in [0.5, 0.6) is 5.75 Å². The van der Waals surface area contributed by atoms with Gasteiger partial charge in [-0.2, -0.15) is 8.78 Å². The fourth-order valence-corrected chi connectivity index (χ4v) is 4.84. The van der Waals surface area contributed by atoms with E-state index in [4.69, 9.17) is 0 Å². The Morgan fingerprint density at radius 2 is 1.18 bits per heavy atom. The first kappa shape index (κ1) is 25.8. The number of fused-ring (bicyclic) bond motifs is 1. The Morgan fingerprint density at radius 1 is 0.658 bits per heavy atom. The average molecular weight is 530 g/mol. The third kappa shape index (κ3) is 4.87. The van der Waals surface area contributed by atoms with E-state index < -0.39 is 46.5 Å². The summed E-state index contributed by atoms with van der Waals surface area (Å²) in [6, 6.07) is 14.9. The second-order valence-corrected chi connectivity index (χ2v) is 9.38. The van der Waals surface area contributed by atoms with Crippen LogP contribution in [0.3, 0.4) is 0 Å². The van der Waals surface area contributed by atoms with Crippen molar-refractivity contribution >= 4 is 0 Å². The summed E-state index contributed by atoms with van der Waals surface area (Å²) in [5.74, 6) is -9.22. The van der Waals surface area contributed by atoms with Crippen LogP contribution in [0.1, 0.15) is 30.0 Å². The summed E-state index contributed by atoms with van der Waals surface area (Å²) in [5.41, 5.74) is 3.21. The molecular weight excluding hydrogens is 509 g/mol. The number of hydrogen-bond acceptors (Lipinski definition) is 1. The van der Waals surface area contributed by atoms with E-state index in [0.717, 1.165) is 42.5 Å². The van der Waals surface area contributed by atoms with Crippen LogP contribution < -0.4 is 4.74 Å². The maximum atomic E-state index is 14.7. The molecule has 0 saturated heterocycles. The van der Waals surface area contributed by atoms with Crippen molar-refractivity contribution in [3.05, 3.63) is 113 Å². The van der Waals surface area contributed by atoms with Crippen LogP contribution in [-0.2, 0) is 19.0 Å². The highest BCUT2D eigenvalue weighted by molar-refractivity contribution is 5.71. The SMILES string of the molecule is CCC1Cc2ccc(-c3ccc(-c4cc(F)c(C(F)(F)Oc5cc(F)c(F)c(F)c5)c(F)c4)cc3)cc2C1. The number of benzene rings is 4. The van der Waals surface area contributed by atoms with Gasteiger partial charge in [0.05, 0.1) is 0 Å². The van der Waals surface area contributed by atoms with Crippen molar-refractivity contribution in [3.63, 3.8) is 0 Å². The van der Waals surface area contributed by atoms with E-state index in [1.807, 2.05) is 6.07 Å². The maximum absolute atomic E-state index is 14.7. The van der Waals surface area contributed by atoms with Gasteiger partial charge in [0, 0.05) is 12.1 Å².